The molecule has 0 saturated heterocycles. The van der Waals surface area contributed by atoms with Crippen molar-refractivity contribution in [3.63, 3.8) is 0 Å². The summed E-state index contributed by atoms with van der Waals surface area (Å²) in [6.07, 6.45) is 4.41. The zero-order valence-corrected chi connectivity index (χ0v) is 12.9. The molecule has 1 saturated carbocycles. The monoisotopic (exact) mass is 290 g/mol. The van der Waals surface area contributed by atoms with Crippen molar-refractivity contribution in [1.82, 2.24) is 5.32 Å². The minimum absolute atomic E-state index is 0.0344. The molecule has 4 heteroatoms. The lowest BCUT2D eigenvalue weighted by Crippen LogP contribution is -2.39. The van der Waals surface area contributed by atoms with Gasteiger partial charge in [0.2, 0.25) is 0 Å². The molecule has 0 aromatic heterocycles. The number of thiocarbonyl (C=S) groups is 1. The van der Waals surface area contributed by atoms with Crippen LogP contribution < -0.4 is 11.1 Å². The number of nitrogens with one attached hydrogen (secondary N) is 1. The van der Waals surface area contributed by atoms with E-state index in [0.29, 0.717) is 16.0 Å². The third kappa shape index (κ3) is 3.79. The van der Waals surface area contributed by atoms with E-state index in [1.807, 2.05) is 12.1 Å². The molecule has 2 rings (SSSR count). The fourth-order valence-corrected chi connectivity index (χ4v) is 2.75. The predicted octanol–water partition coefficient (Wildman–Crippen LogP) is 3.02. The summed E-state index contributed by atoms with van der Waals surface area (Å²) in [4.78, 5) is 12.6. The molecule has 0 atom stereocenters. The molecule has 3 nitrogen and oxygen atoms in total. The first-order valence-electron chi connectivity index (χ1n) is 7.08. The van der Waals surface area contributed by atoms with Crippen molar-refractivity contribution >= 4 is 23.1 Å². The lowest BCUT2D eigenvalue weighted by Gasteiger charge is -2.34. The quantitative estimate of drug-likeness (QED) is 0.841. The third-order valence-corrected chi connectivity index (χ3v) is 4.32. The Hall–Kier alpha value is -1.42. The first-order valence-corrected chi connectivity index (χ1v) is 7.49. The molecule has 1 amide bonds. The van der Waals surface area contributed by atoms with E-state index in [0.717, 1.165) is 31.2 Å². The number of carbonyl (C=O) groups excluding carboxylic acids is 1. The molecule has 1 aliphatic carbocycles. The van der Waals surface area contributed by atoms with E-state index in [1.165, 1.54) is 0 Å². The van der Waals surface area contributed by atoms with Crippen molar-refractivity contribution in [2.75, 3.05) is 0 Å². The van der Waals surface area contributed by atoms with Gasteiger partial charge in [-0.1, -0.05) is 38.2 Å². The van der Waals surface area contributed by atoms with Gasteiger partial charge in [-0.25, -0.2) is 0 Å². The van der Waals surface area contributed by atoms with Gasteiger partial charge in [-0.05, 0) is 43.2 Å². The molecule has 1 aromatic carbocycles. The van der Waals surface area contributed by atoms with E-state index < -0.39 is 0 Å². The second kappa shape index (κ2) is 5.92. The SMILES string of the molecule is CC1(C)CCC(NC(=O)c2cccc(C(N)=S)c2)CC1. The number of hydrogen-bond donors (Lipinski definition) is 2. The fourth-order valence-electron chi connectivity index (χ4n) is 2.63. The number of rotatable bonds is 3. The van der Waals surface area contributed by atoms with Crippen LogP contribution in [0, 0.1) is 5.41 Å². The summed E-state index contributed by atoms with van der Waals surface area (Å²) in [5, 5.41) is 3.12. The molecule has 3 N–H and O–H groups in total. The Morgan fingerprint density at radius 1 is 1.30 bits per heavy atom. The minimum Gasteiger partial charge on any atom is -0.389 e. The Kier molecular flexibility index (Phi) is 4.43. The minimum atomic E-state index is -0.0344. The molecule has 0 heterocycles. The highest BCUT2D eigenvalue weighted by molar-refractivity contribution is 7.80. The maximum Gasteiger partial charge on any atom is 0.251 e. The van der Waals surface area contributed by atoms with Crippen LogP contribution in [0.15, 0.2) is 24.3 Å². The van der Waals surface area contributed by atoms with Gasteiger partial charge in [-0.2, -0.15) is 0 Å². The van der Waals surface area contributed by atoms with Crippen molar-refractivity contribution in [3.05, 3.63) is 35.4 Å². The van der Waals surface area contributed by atoms with Gasteiger partial charge in [-0.15, -0.1) is 0 Å². The zero-order valence-electron chi connectivity index (χ0n) is 12.1. The second-order valence-electron chi connectivity index (χ2n) is 6.36. The van der Waals surface area contributed by atoms with Crippen LogP contribution in [0.4, 0.5) is 0 Å². The number of nitrogens with two attached hydrogens (primary N) is 1. The van der Waals surface area contributed by atoms with E-state index >= 15 is 0 Å². The van der Waals surface area contributed by atoms with E-state index in [4.69, 9.17) is 18.0 Å². The highest BCUT2D eigenvalue weighted by Crippen LogP contribution is 2.35. The molecule has 1 fully saturated rings. The molecule has 0 spiro atoms. The smallest absolute Gasteiger partial charge is 0.251 e. The highest BCUT2D eigenvalue weighted by atomic mass is 32.1. The summed E-state index contributed by atoms with van der Waals surface area (Å²) in [7, 11) is 0. The molecule has 1 aromatic rings. The van der Waals surface area contributed by atoms with Crippen LogP contribution in [0.3, 0.4) is 0 Å². The molecule has 0 unspecified atom stereocenters. The molecular weight excluding hydrogens is 268 g/mol. The third-order valence-electron chi connectivity index (χ3n) is 4.08. The summed E-state index contributed by atoms with van der Waals surface area (Å²) in [6, 6.07) is 7.47. The number of hydrogen-bond acceptors (Lipinski definition) is 2. The predicted molar refractivity (Wildman–Crippen MR) is 85.8 cm³/mol. The van der Waals surface area contributed by atoms with E-state index in [-0.39, 0.29) is 11.9 Å². The van der Waals surface area contributed by atoms with Crippen LogP contribution >= 0.6 is 12.2 Å². The Bertz CT molecular complexity index is 515. The van der Waals surface area contributed by atoms with Crippen LogP contribution in [0.2, 0.25) is 0 Å². The van der Waals surface area contributed by atoms with Crippen molar-refractivity contribution in [1.29, 1.82) is 0 Å². The molecule has 0 radical (unpaired) electrons. The standard InChI is InChI=1S/C16H22N2OS/c1-16(2)8-6-13(7-9-16)18-15(19)12-5-3-4-11(10-12)14(17)20/h3-5,10,13H,6-9H2,1-2H3,(H2,17,20)(H,18,19). The van der Waals surface area contributed by atoms with Crippen LogP contribution in [0.5, 0.6) is 0 Å². The average molecular weight is 290 g/mol. The first kappa shape index (κ1) is 15.0. The van der Waals surface area contributed by atoms with Gasteiger partial charge in [0, 0.05) is 17.2 Å². The molecule has 0 bridgehead atoms. The van der Waals surface area contributed by atoms with E-state index in [2.05, 4.69) is 19.2 Å². The van der Waals surface area contributed by atoms with Gasteiger partial charge < -0.3 is 11.1 Å². The van der Waals surface area contributed by atoms with Gasteiger partial charge in [-0.3, -0.25) is 4.79 Å². The largest absolute Gasteiger partial charge is 0.389 e. The lowest BCUT2D eigenvalue weighted by molar-refractivity contribution is 0.0909. The van der Waals surface area contributed by atoms with Gasteiger partial charge in [0.25, 0.3) is 5.91 Å². The van der Waals surface area contributed by atoms with Crippen molar-refractivity contribution in [2.24, 2.45) is 11.1 Å². The van der Waals surface area contributed by atoms with Crippen LogP contribution in [0.25, 0.3) is 0 Å². The summed E-state index contributed by atoms with van der Waals surface area (Å²) >= 11 is 4.94. The maximum atomic E-state index is 12.3. The van der Waals surface area contributed by atoms with E-state index in [9.17, 15) is 4.79 Å². The zero-order chi connectivity index (χ0) is 14.8. The summed E-state index contributed by atoms with van der Waals surface area (Å²) in [5.74, 6) is -0.0344. The van der Waals surface area contributed by atoms with Gasteiger partial charge >= 0.3 is 0 Å². The summed E-state index contributed by atoms with van der Waals surface area (Å²) in [5.41, 5.74) is 7.37. The van der Waals surface area contributed by atoms with Gasteiger partial charge in [0.05, 0.1) is 0 Å². The van der Waals surface area contributed by atoms with Crippen molar-refractivity contribution in [3.8, 4) is 0 Å². The van der Waals surface area contributed by atoms with Crippen molar-refractivity contribution in [2.45, 2.75) is 45.6 Å². The lowest BCUT2D eigenvalue weighted by atomic mass is 9.75. The second-order valence-corrected chi connectivity index (χ2v) is 6.80. The van der Waals surface area contributed by atoms with Crippen molar-refractivity contribution < 1.29 is 4.79 Å². The Morgan fingerprint density at radius 3 is 2.50 bits per heavy atom. The summed E-state index contributed by atoms with van der Waals surface area (Å²) in [6.45, 7) is 4.58. The normalized spacial score (nSPS) is 18.5. The van der Waals surface area contributed by atoms with Gasteiger partial charge in [0.15, 0.2) is 0 Å². The molecule has 20 heavy (non-hydrogen) atoms. The van der Waals surface area contributed by atoms with Crippen LogP contribution in [-0.2, 0) is 0 Å². The maximum absolute atomic E-state index is 12.3. The van der Waals surface area contributed by atoms with E-state index in [1.54, 1.807) is 12.1 Å². The summed E-state index contributed by atoms with van der Waals surface area (Å²) < 4.78 is 0. The number of amides is 1. The van der Waals surface area contributed by atoms with Crippen LogP contribution in [0.1, 0.15) is 55.5 Å². The Balaban J connectivity index is 1.99. The number of benzene rings is 1. The first-order chi connectivity index (χ1) is 9.37. The number of carbonyl (C=O) groups is 1. The average Bonchev–Trinajstić information content (AvgIpc) is 2.41. The highest BCUT2D eigenvalue weighted by Gasteiger charge is 2.27. The van der Waals surface area contributed by atoms with Crippen LogP contribution in [-0.4, -0.2) is 16.9 Å². The topological polar surface area (TPSA) is 55.1 Å². The Labute approximate surface area is 125 Å². The Morgan fingerprint density at radius 2 is 1.90 bits per heavy atom. The van der Waals surface area contributed by atoms with Gasteiger partial charge in [0.1, 0.15) is 4.99 Å². The molecule has 108 valence electrons. The fraction of sp³-hybridized carbons (Fsp3) is 0.500. The molecule has 0 aliphatic heterocycles. The molecule has 1 aliphatic rings. The molecular formula is C16H22N2OS.